The van der Waals surface area contributed by atoms with Gasteiger partial charge in [0.15, 0.2) is 6.54 Å². The van der Waals surface area contributed by atoms with Crippen LogP contribution in [0.1, 0.15) is 40.5 Å². The second-order valence-electron chi connectivity index (χ2n) is 7.71. The van der Waals surface area contributed by atoms with Gasteiger partial charge in [-0.25, -0.2) is 0 Å². The fourth-order valence-corrected chi connectivity index (χ4v) is 5.08. The average Bonchev–Trinajstić information content (AvgIpc) is 3.33. The van der Waals surface area contributed by atoms with Crippen LogP contribution in [-0.2, 0) is 11.2 Å². The summed E-state index contributed by atoms with van der Waals surface area (Å²) >= 11 is 1.82. The van der Waals surface area contributed by atoms with Crippen molar-refractivity contribution in [2.75, 3.05) is 18.4 Å². The average molecular weight is 386 g/mol. The number of nitro benzene ring substituents is 1. The monoisotopic (exact) mass is 386 g/mol. The highest BCUT2D eigenvalue weighted by molar-refractivity contribution is 7.10. The molecule has 1 saturated carbocycles. The van der Waals surface area contributed by atoms with Crippen molar-refractivity contribution in [3.63, 3.8) is 0 Å². The van der Waals surface area contributed by atoms with Crippen molar-refractivity contribution >= 4 is 28.6 Å². The van der Waals surface area contributed by atoms with Crippen molar-refractivity contribution in [2.24, 2.45) is 5.92 Å². The summed E-state index contributed by atoms with van der Waals surface area (Å²) in [5, 5.41) is 16.3. The first-order valence-corrected chi connectivity index (χ1v) is 10.3. The summed E-state index contributed by atoms with van der Waals surface area (Å²) in [4.78, 5) is 26.4. The Morgan fingerprint density at radius 2 is 2.07 bits per heavy atom. The lowest BCUT2D eigenvalue weighted by molar-refractivity contribution is -0.928. The van der Waals surface area contributed by atoms with Gasteiger partial charge in [0.25, 0.3) is 11.6 Å². The first-order chi connectivity index (χ1) is 12.9. The number of nitrogens with zero attached hydrogens (tertiary/aromatic N) is 1. The van der Waals surface area contributed by atoms with E-state index < -0.39 is 4.92 Å². The molecule has 7 heteroatoms. The number of carbonyl (C=O) groups is 1. The van der Waals surface area contributed by atoms with Gasteiger partial charge in [0.1, 0.15) is 11.7 Å². The maximum atomic E-state index is 12.7. The molecule has 2 aliphatic rings. The van der Waals surface area contributed by atoms with Crippen LogP contribution >= 0.6 is 11.3 Å². The van der Waals surface area contributed by atoms with E-state index in [1.165, 1.54) is 34.2 Å². The molecule has 2 aromatic rings. The molecule has 6 nitrogen and oxygen atoms in total. The third-order valence-corrected chi connectivity index (χ3v) is 6.79. The molecule has 2 heterocycles. The van der Waals surface area contributed by atoms with Gasteiger partial charge >= 0.3 is 0 Å². The van der Waals surface area contributed by atoms with E-state index in [-0.39, 0.29) is 11.6 Å². The van der Waals surface area contributed by atoms with Gasteiger partial charge < -0.3 is 10.2 Å². The molecule has 0 spiro atoms. The number of hydrogen-bond donors (Lipinski definition) is 2. The number of carbonyl (C=O) groups excluding carboxylic acids is 1. The second kappa shape index (κ2) is 7.05. The van der Waals surface area contributed by atoms with Crippen LogP contribution in [0.5, 0.6) is 0 Å². The highest BCUT2D eigenvalue weighted by Gasteiger charge is 2.43. The van der Waals surface area contributed by atoms with Crippen LogP contribution in [0.2, 0.25) is 0 Å². The van der Waals surface area contributed by atoms with Gasteiger partial charge in [0, 0.05) is 28.8 Å². The van der Waals surface area contributed by atoms with Crippen LogP contribution in [0.25, 0.3) is 0 Å². The van der Waals surface area contributed by atoms with Crippen LogP contribution in [0.4, 0.5) is 11.4 Å². The molecule has 0 radical (unpaired) electrons. The van der Waals surface area contributed by atoms with Crippen molar-refractivity contribution in [3.05, 3.63) is 55.3 Å². The first kappa shape index (κ1) is 18.1. The number of aryl methyl sites for hydroxylation is 2. The van der Waals surface area contributed by atoms with Crippen LogP contribution in [0.3, 0.4) is 0 Å². The van der Waals surface area contributed by atoms with Crippen molar-refractivity contribution in [3.8, 4) is 0 Å². The standard InChI is InChI=1S/C20H23N3O3S/c1-12-9-16(17(23(25)26)10-13(12)2)21-19(24)11-22-7-5-18-15(6-8-27-18)20(22)14-3-4-14/h6,8-10,14,20H,3-5,7,11H2,1-2H3,(H,21,24)/p+1/t20-/m0/s1. The summed E-state index contributed by atoms with van der Waals surface area (Å²) in [6.07, 6.45) is 3.46. The number of benzene rings is 1. The summed E-state index contributed by atoms with van der Waals surface area (Å²) in [5.41, 5.74) is 3.44. The predicted octanol–water partition coefficient (Wildman–Crippen LogP) is 2.80. The molecule has 1 aromatic carbocycles. The summed E-state index contributed by atoms with van der Waals surface area (Å²) in [5.74, 6) is 0.512. The van der Waals surface area contributed by atoms with Gasteiger partial charge in [-0.1, -0.05) is 0 Å². The minimum atomic E-state index is -0.430. The predicted molar refractivity (Wildman–Crippen MR) is 105 cm³/mol. The molecule has 27 heavy (non-hydrogen) atoms. The van der Waals surface area contributed by atoms with E-state index in [0.29, 0.717) is 24.2 Å². The van der Waals surface area contributed by atoms with E-state index in [1.807, 2.05) is 25.2 Å². The lowest BCUT2D eigenvalue weighted by atomic mass is 9.96. The lowest BCUT2D eigenvalue weighted by Gasteiger charge is -2.32. The Hall–Kier alpha value is -2.25. The molecular formula is C20H24N3O3S+. The van der Waals surface area contributed by atoms with Gasteiger partial charge in [-0.3, -0.25) is 14.9 Å². The smallest absolute Gasteiger partial charge is 0.293 e. The molecule has 1 aliphatic carbocycles. The lowest BCUT2D eigenvalue weighted by Crippen LogP contribution is -3.14. The largest absolute Gasteiger partial charge is 0.320 e. The van der Waals surface area contributed by atoms with Gasteiger partial charge in [0.05, 0.1) is 11.5 Å². The molecule has 4 rings (SSSR count). The second-order valence-corrected chi connectivity index (χ2v) is 8.71. The first-order valence-electron chi connectivity index (χ1n) is 9.40. The number of rotatable bonds is 5. The Bertz CT molecular complexity index is 904. The number of nitrogens with one attached hydrogen (secondary N) is 2. The Labute approximate surface area is 162 Å². The zero-order valence-electron chi connectivity index (χ0n) is 15.6. The van der Waals surface area contributed by atoms with E-state index in [9.17, 15) is 14.9 Å². The van der Waals surface area contributed by atoms with Crippen LogP contribution < -0.4 is 10.2 Å². The van der Waals surface area contributed by atoms with E-state index >= 15 is 0 Å². The Morgan fingerprint density at radius 1 is 1.33 bits per heavy atom. The molecule has 2 atom stereocenters. The normalized spacial score (nSPS) is 21.6. The maximum Gasteiger partial charge on any atom is 0.293 e. The van der Waals surface area contributed by atoms with E-state index in [1.54, 1.807) is 6.07 Å². The Kier molecular flexibility index (Phi) is 4.74. The number of anilines is 1. The molecule has 0 bridgehead atoms. The molecule has 1 aliphatic heterocycles. The number of hydrogen-bond acceptors (Lipinski definition) is 4. The number of fused-ring (bicyclic) bond motifs is 1. The zero-order valence-corrected chi connectivity index (χ0v) is 16.4. The van der Waals surface area contributed by atoms with Gasteiger partial charge in [-0.05, 0) is 55.3 Å². The molecule has 1 fully saturated rings. The quantitative estimate of drug-likeness (QED) is 0.613. The molecule has 1 aromatic heterocycles. The number of nitro groups is 1. The highest BCUT2D eigenvalue weighted by Crippen LogP contribution is 2.42. The molecule has 1 unspecified atom stereocenters. The SMILES string of the molecule is Cc1cc(NC(=O)C[NH+]2CCc3sccc3[C@@H]2C2CC2)c([N+](=O)[O-])cc1C. The van der Waals surface area contributed by atoms with Crippen LogP contribution in [0.15, 0.2) is 23.6 Å². The summed E-state index contributed by atoms with van der Waals surface area (Å²) in [6, 6.07) is 5.84. The fourth-order valence-electron chi connectivity index (χ4n) is 4.15. The van der Waals surface area contributed by atoms with Crippen LogP contribution in [-0.4, -0.2) is 23.9 Å². The van der Waals surface area contributed by atoms with Crippen LogP contribution in [0, 0.1) is 29.9 Å². The van der Waals surface area contributed by atoms with Gasteiger partial charge in [-0.15, -0.1) is 11.3 Å². The summed E-state index contributed by atoms with van der Waals surface area (Å²) < 4.78 is 0. The molecule has 0 saturated heterocycles. The maximum absolute atomic E-state index is 12.7. The van der Waals surface area contributed by atoms with E-state index in [0.717, 1.165) is 24.1 Å². The third kappa shape index (κ3) is 3.61. The number of quaternary nitrogens is 1. The summed E-state index contributed by atoms with van der Waals surface area (Å²) in [6.45, 7) is 5.02. The Morgan fingerprint density at radius 3 is 2.78 bits per heavy atom. The van der Waals surface area contributed by atoms with E-state index in [2.05, 4.69) is 16.8 Å². The third-order valence-electron chi connectivity index (χ3n) is 5.79. The van der Waals surface area contributed by atoms with Crippen molar-refractivity contribution in [1.82, 2.24) is 0 Å². The van der Waals surface area contributed by atoms with E-state index in [4.69, 9.17) is 0 Å². The highest BCUT2D eigenvalue weighted by atomic mass is 32.1. The van der Waals surface area contributed by atoms with Crippen molar-refractivity contribution < 1.29 is 14.6 Å². The van der Waals surface area contributed by atoms with Crippen molar-refractivity contribution in [1.29, 1.82) is 0 Å². The Balaban J connectivity index is 1.52. The fraction of sp³-hybridized carbons (Fsp3) is 0.450. The number of amides is 1. The number of thiophene rings is 1. The van der Waals surface area contributed by atoms with Crippen molar-refractivity contribution in [2.45, 2.75) is 39.2 Å². The molecular weight excluding hydrogens is 362 g/mol. The topological polar surface area (TPSA) is 76.7 Å². The minimum absolute atomic E-state index is 0.0426. The zero-order chi connectivity index (χ0) is 19.1. The summed E-state index contributed by atoms with van der Waals surface area (Å²) in [7, 11) is 0. The molecule has 1 amide bonds. The molecule has 142 valence electrons. The van der Waals surface area contributed by atoms with Gasteiger partial charge in [0.2, 0.25) is 0 Å². The van der Waals surface area contributed by atoms with Gasteiger partial charge in [-0.2, -0.15) is 0 Å². The molecule has 2 N–H and O–H groups in total. The minimum Gasteiger partial charge on any atom is -0.320 e.